The van der Waals surface area contributed by atoms with Crippen LogP contribution in [0.15, 0.2) is 0 Å². The van der Waals surface area contributed by atoms with Gasteiger partial charge in [-0.2, -0.15) is 0 Å². The van der Waals surface area contributed by atoms with E-state index >= 15 is 0 Å². The zero-order chi connectivity index (χ0) is 9.51. The fraction of sp³-hybridized carbons (Fsp3) is 1.00. The molecule has 5 fully saturated rings. The maximum Gasteiger partial charge on any atom is -0.0105 e. The Bertz CT molecular complexity index is 372. The van der Waals surface area contributed by atoms with Crippen molar-refractivity contribution in [2.75, 3.05) is 0 Å². The van der Waals surface area contributed by atoms with E-state index in [9.17, 15) is 0 Å². The predicted octanol–water partition coefficient (Wildman–Crippen LogP) is 3.32. The van der Waals surface area contributed by atoms with Crippen molar-refractivity contribution in [3.05, 3.63) is 0 Å². The van der Waals surface area contributed by atoms with E-state index in [2.05, 4.69) is 20.8 Å². The second-order valence-corrected chi connectivity index (χ2v) is 7.19. The minimum Gasteiger partial charge on any atom is -0.0651 e. The lowest BCUT2D eigenvalue weighted by Gasteiger charge is -2.56. The Morgan fingerprint density at radius 1 is 1.36 bits per heavy atom. The summed E-state index contributed by atoms with van der Waals surface area (Å²) in [4.78, 5) is 0. The van der Waals surface area contributed by atoms with Crippen molar-refractivity contribution >= 4 is 0 Å². The maximum absolute atomic E-state index is 2.66. The largest absolute Gasteiger partial charge is 0.0651 e. The molecular formula is C14H20. The summed E-state index contributed by atoms with van der Waals surface area (Å²) in [5, 5.41) is 0. The fourth-order valence-electron chi connectivity index (χ4n) is 7.51. The van der Waals surface area contributed by atoms with E-state index in [-0.39, 0.29) is 0 Å². The van der Waals surface area contributed by atoms with Crippen LogP contribution in [0, 0.1) is 45.8 Å². The van der Waals surface area contributed by atoms with Crippen LogP contribution in [-0.2, 0) is 0 Å². The molecule has 0 aliphatic heterocycles. The van der Waals surface area contributed by atoms with E-state index < -0.39 is 0 Å². The van der Waals surface area contributed by atoms with Crippen molar-refractivity contribution in [2.24, 2.45) is 45.8 Å². The molecule has 0 saturated heterocycles. The molecule has 5 rings (SSSR count). The zero-order valence-electron chi connectivity index (χ0n) is 9.51. The molecule has 2 spiro atoms. The Labute approximate surface area is 86.5 Å². The molecule has 0 heterocycles. The van der Waals surface area contributed by atoms with Gasteiger partial charge in [0.15, 0.2) is 0 Å². The standard InChI is InChI=1S/C14H20/c1-4-8-5-10(8)12(3)13-6-9-7(2)14(12,13)11(9)13/h7-11H,4-6H2,1-3H3. The third kappa shape index (κ3) is 0.314. The van der Waals surface area contributed by atoms with Crippen LogP contribution < -0.4 is 0 Å². The van der Waals surface area contributed by atoms with Gasteiger partial charge in [0.1, 0.15) is 0 Å². The SMILES string of the molecule is CCC1CC1C1(C)C23CC4C(C)C12C43. The van der Waals surface area contributed by atoms with E-state index in [0.717, 1.165) is 34.0 Å². The van der Waals surface area contributed by atoms with Crippen molar-refractivity contribution in [3.63, 3.8) is 0 Å². The Morgan fingerprint density at radius 2 is 2.14 bits per heavy atom. The fourth-order valence-corrected chi connectivity index (χ4v) is 7.51. The van der Waals surface area contributed by atoms with Gasteiger partial charge in [0.2, 0.25) is 0 Å². The lowest BCUT2D eigenvalue weighted by molar-refractivity contribution is -0.0900. The van der Waals surface area contributed by atoms with Crippen LogP contribution in [0.1, 0.15) is 40.0 Å². The molecule has 14 heavy (non-hydrogen) atoms. The first kappa shape index (κ1) is 7.30. The average molecular weight is 188 g/mol. The summed E-state index contributed by atoms with van der Waals surface area (Å²) in [7, 11) is 0. The molecule has 0 nitrogen and oxygen atoms in total. The van der Waals surface area contributed by atoms with Crippen molar-refractivity contribution < 1.29 is 0 Å². The molecule has 0 amide bonds. The Balaban J connectivity index is 1.55. The lowest BCUT2D eigenvalue weighted by Crippen LogP contribution is -2.51. The summed E-state index contributed by atoms with van der Waals surface area (Å²) < 4.78 is 0. The molecular weight excluding hydrogens is 168 g/mol. The quantitative estimate of drug-likeness (QED) is 0.623. The Morgan fingerprint density at radius 3 is 2.57 bits per heavy atom. The van der Waals surface area contributed by atoms with Crippen molar-refractivity contribution in [2.45, 2.75) is 40.0 Å². The summed E-state index contributed by atoms with van der Waals surface area (Å²) in [6.45, 7) is 7.61. The lowest BCUT2D eigenvalue weighted by atomic mass is 9.48. The highest BCUT2D eigenvalue weighted by Crippen LogP contribution is 3.19. The van der Waals surface area contributed by atoms with Gasteiger partial charge < -0.3 is 0 Å². The molecule has 0 aromatic carbocycles. The monoisotopic (exact) mass is 188 g/mol. The van der Waals surface area contributed by atoms with Crippen LogP contribution in [0.5, 0.6) is 0 Å². The molecule has 0 aromatic heterocycles. The zero-order valence-corrected chi connectivity index (χ0v) is 9.51. The van der Waals surface area contributed by atoms with E-state index in [1.165, 1.54) is 18.3 Å². The molecule has 0 heteroatoms. The highest BCUT2D eigenvalue weighted by atomic mass is 15.2. The summed E-state index contributed by atoms with van der Waals surface area (Å²) in [6.07, 6.45) is 4.68. The van der Waals surface area contributed by atoms with Crippen molar-refractivity contribution in [1.29, 1.82) is 0 Å². The highest BCUT2D eigenvalue weighted by Gasteiger charge is 3.16. The smallest absolute Gasteiger partial charge is 0.0105 e. The molecule has 5 saturated carbocycles. The predicted molar refractivity (Wildman–Crippen MR) is 55.6 cm³/mol. The number of hydrogen-bond acceptors (Lipinski definition) is 0. The van der Waals surface area contributed by atoms with Crippen LogP contribution in [0.2, 0.25) is 0 Å². The topological polar surface area (TPSA) is 0 Å². The van der Waals surface area contributed by atoms with E-state index in [0.29, 0.717) is 0 Å². The average Bonchev–Trinajstić information content (AvgIpc) is 3.02. The second kappa shape index (κ2) is 1.44. The maximum atomic E-state index is 2.66. The minimum atomic E-state index is 0.861. The van der Waals surface area contributed by atoms with Gasteiger partial charge in [0, 0.05) is 0 Å². The molecule has 5 aliphatic carbocycles. The van der Waals surface area contributed by atoms with Crippen molar-refractivity contribution in [3.8, 4) is 0 Å². The van der Waals surface area contributed by atoms with Crippen LogP contribution >= 0.6 is 0 Å². The second-order valence-electron chi connectivity index (χ2n) is 7.19. The highest BCUT2D eigenvalue weighted by molar-refractivity contribution is 5.62. The number of rotatable bonds is 2. The van der Waals surface area contributed by atoms with Gasteiger partial charge in [-0.05, 0) is 58.7 Å². The van der Waals surface area contributed by atoms with Gasteiger partial charge in [-0.25, -0.2) is 0 Å². The van der Waals surface area contributed by atoms with Gasteiger partial charge >= 0.3 is 0 Å². The Kier molecular flexibility index (Phi) is 0.753. The third-order valence-electron chi connectivity index (χ3n) is 7.93. The summed E-state index contributed by atoms with van der Waals surface area (Å²) in [5.74, 6) is 5.86. The first-order valence-corrected chi connectivity index (χ1v) is 6.68. The summed E-state index contributed by atoms with van der Waals surface area (Å²) in [5.41, 5.74) is 2.76. The van der Waals surface area contributed by atoms with Gasteiger partial charge in [0.25, 0.3) is 0 Å². The third-order valence-corrected chi connectivity index (χ3v) is 7.93. The number of hydrogen-bond donors (Lipinski definition) is 0. The normalized spacial score (nSPS) is 84.6. The molecule has 8 atom stereocenters. The van der Waals surface area contributed by atoms with Crippen LogP contribution in [0.3, 0.4) is 0 Å². The molecule has 5 aliphatic rings. The minimum absolute atomic E-state index is 0.861. The molecule has 0 radical (unpaired) electrons. The van der Waals surface area contributed by atoms with Crippen LogP contribution in [-0.4, -0.2) is 0 Å². The first-order valence-electron chi connectivity index (χ1n) is 6.68. The summed E-state index contributed by atoms with van der Waals surface area (Å²) in [6, 6.07) is 0. The molecule has 0 N–H and O–H groups in total. The van der Waals surface area contributed by atoms with Crippen molar-refractivity contribution in [1.82, 2.24) is 0 Å². The van der Waals surface area contributed by atoms with E-state index in [4.69, 9.17) is 0 Å². The van der Waals surface area contributed by atoms with E-state index in [1.807, 2.05) is 0 Å². The summed E-state index contributed by atoms with van der Waals surface area (Å²) >= 11 is 0. The van der Waals surface area contributed by atoms with Crippen LogP contribution in [0.4, 0.5) is 0 Å². The van der Waals surface area contributed by atoms with E-state index in [1.54, 1.807) is 12.8 Å². The molecule has 0 bridgehead atoms. The van der Waals surface area contributed by atoms with Gasteiger partial charge in [-0.1, -0.05) is 27.2 Å². The van der Waals surface area contributed by atoms with Gasteiger partial charge in [-0.15, -0.1) is 0 Å². The first-order chi connectivity index (χ1) is 6.68. The Hall–Kier alpha value is 0. The van der Waals surface area contributed by atoms with Gasteiger partial charge in [0.05, 0.1) is 0 Å². The molecule has 76 valence electrons. The van der Waals surface area contributed by atoms with Crippen LogP contribution in [0.25, 0.3) is 0 Å². The van der Waals surface area contributed by atoms with Gasteiger partial charge in [-0.3, -0.25) is 0 Å². The molecule has 8 unspecified atom stereocenters. The molecule has 0 aromatic rings.